The number of nitrogens with one attached hydrogen (secondary N) is 1. The standard InChI is InChI=1S/C12H16N2O3S.ClH/c1-12(6-7-18(16,17)8-12)14-11(15)9-2-4-10(13)5-3-9;/h2-5H,6-8,13H2,1H3,(H,14,15);1H. The highest BCUT2D eigenvalue weighted by molar-refractivity contribution is 7.91. The molecule has 1 aromatic rings. The van der Waals surface area contributed by atoms with Crippen molar-refractivity contribution in [3.63, 3.8) is 0 Å². The third-order valence-corrected chi connectivity index (χ3v) is 4.99. The van der Waals surface area contributed by atoms with Gasteiger partial charge in [-0.15, -0.1) is 12.4 Å². The number of anilines is 1. The van der Waals surface area contributed by atoms with Gasteiger partial charge in [0.15, 0.2) is 9.84 Å². The van der Waals surface area contributed by atoms with Crippen LogP contribution >= 0.6 is 12.4 Å². The van der Waals surface area contributed by atoms with Crippen molar-refractivity contribution in [2.45, 2.75) is 18.9 Å². The minimum Gasteiger partial charge on any atom is -0.399 e. The van der Waals surface area contributed by atoms with Crippen LogP contribution in [0.2, 0.25) is 0 Å². The lowest BCUT2D eigenvalue weighted by Gasteiger charge is -2.23. The topological polar surface area (TPSA) is 89.3 Å². The Kier molecular flexibility index (Phi) is 4.47. The van der Waals surface area contributed by atoms with E-state index in [0.717, 1.165) is 0 Å². The molecule has 0 aliphatic carbocycles. The maximum atomic E-state index is 12.0. The summed E-state index contributed by atoms with van der Waals surface area (Å²) in [6, 6.07) is 6.53. The molecule has 1 unspecified atom stereocenters. The molecule has 2 rings (SSSR count). The number of rotatable bonds is 2. The molecule has 19 heavy (non-hydrogen) atoms. The van der Waals surface area contributed by atoms with Crippen LogP contribution in [0.15, 0.2) is 24.3 Å². The average Bonchev–Trinajstić information content (AvgIpc) is 2.53. The van der Waals surface area contributed by atoms with Gasteiger partial charge in [-0.3, -0.25) is 4.79 Å². The van der Waals surface area contributed by atoms with Crippen molar-refractivity contribution in [3.8, 4) is 0 Å². The van der Waals surface area contributed by atoms with Gasteiger partial charge in [-0.05, 0) is 37.6 Å². The molecule has 1 atom stereocenters. The first-order valence-electron chi connectivity index (χ1n) is 5.68. The summed E-state index contributed by atoms with van der Waals surface area (Å²) in [5.41, 5.74) is 5.94. The monoisotopic (exact) mass is 304 g/mol. The van der Waals surface area contributed by atoms with Crippen molar-refractivity contribution in [2.24, 2.45) is 0 Å². The fourth-order valence-corrected chi connectivity index (χ4v) is 4.18. The Bertz CT molecular complexity index is 571. The molecule has 1 fully saturated rings. The smallest absolute Gasteiger partial charge is 0.251 e. The Hall–Kier alpha value is -1.27. The summed E-state index contributed by atoms with van der Waals surface area (Å²) in [7, 11) is -3.02. The number of halogens is 1. The second-order valence-electron chi connectivity index (χ2n) is 4.98. The normalized spacial score (nSPS) is 24.5. The fourth-order valence-electron chi connectivity index (χ4n) is 2.09. The van der Waals surface area contributed by atoms with Gasteiger partial charge in [-0.2, -0.15) is 0 Å². The number of carbonyl (C=O) groups is 1. The summed E-state index contributed by atoms with van der Waals surface area (Å²) in [5, 5.41) is 2.79. The van der Waals surface area contributed by atoms with E-state index in [4.69, 9.17) is 5.73 Å². The Labute approximate surface area is 118 Å². The van der Waals surface area contributed by atoms with Crippen molar-refractivity contribution >= 4 is 33.8 Å². The Morgan fingerprint density at radius 2 is 1.89 bits per heavy atom. The van der Waals surface area contributed by atoms with Crippen molar-refractivity contribution in [1.82, 2.24) is 5.32 Å². The lowest BCUT2D eigenvalue weighted by atomic mass is 10.0. The van der Waals surface area contributed by atoms with Crippen LogP contribution in [0.25, 0.3) is 0 Å². The Morgan fingerprint density at radius 1 is 1.32 bits per heavy atom. The van der Waals surface area contributed by atoms with Crippen LogP contribution in [0.3, 0.4) is 0 Å². The van der Waals surface area contributed by atoms with Gasteiger partial charge in [0.05, 0.1) is 17.0 Å². The van der Waals surface area contributed by atoms with Gasteiger partial charge in [0.1, 0.15) is 0 Å². The molecular weight excluding hydrogens is 288 g/mol. The molecule has 0 aromatic heterocycles. The zero-order valence-corrected chi connectivity index (χ0v) is 12.2. The number of amides is 1. The van der Waals surface area contributed by atoms with Gasteiger partial charge in [0.2, 0.25) is 0 Å². The Balaban J connectivity index is 0.00000180. The number of hydrogen-bond donors (Lipinski definition) is 2. The van der Waals surface area contributed by atoms with Crippen molar-refractivity contribution < 1.29 is 13.2 Å². The van der Waals surface area contributed by atoms with E-state index in [1.165, 1.54) is 0 Å². The van der Waals surface area contributed by atoms with E-state index in [9.17, 15) is 13.2 Å². The highest BCUT2D eigenvalue weighted by Crippen LogP contribution is 2.23. The fraction of sp³-hybridized carbons (Fsp3) is 0.417. The van der Waals surface area contributed by atoms with Crippen LogP contribution in [-0.2, 0) is 9.84 Å². The van der Waals surface area contributed by atoms with Crippen LogP contribution < -0.4 is 11.1 Å². The first-order valence-corrected chi connectivity index (χ1v) is 7.50. The van der Waals surface area contributed by atoms with E-state index < -0.39 is 15.4 Å². The molecule has 1 aliphatic rings. The van der Waals surface area contributed by atoms with Gasteiger partial charge < -0.3 is 11.1 Å². The first-order chi connectivity index (χ1) is 8.30. The lowest BCUT2D eigenvalue weighted by Crippen LogP contribution is -2.46. The molecule has 7 heteroatoms. The number of hydrogen-bond acceptors (Lipinski definition) is 4. The number of nitrogen functional groups attached to an aromatic ring is 1. The van der Waals surface area contributed by atoms with E-state index in [1.54, 1.807) is 31.2 Å². The number of benzene rings is 1. The molecule has 0 spiro atoms. The predicted molar refractivity (Wildman–Crippen MR) is 77.2 cm³/mol. The van der Waals surface area contributed by atoms with Gasteiger partial charge >= 0.3 is 0 Å². The summed E-state index contributed by atoms with van der Waals surface area (Å²) in [4.78, 5) is 12.0. The van der Waals surface area contributed by atoms with Crippen LogP contribution in [0.1, 0.15) is 23.7 Å². The highest BCUT2D eigenvalue weighted by atomic mass is 35.5. The zero-order valence-electron chi connectivity index (χ0n) is 10.5. The molecule has 1 aromatic carbocycles. The van der Waals surface area contributed by atoms with Crippen LogP contribution in [0.4, 0.5) is 5.69 Å². The van der Waals surface area contributed by atoms with Crippen molar-refractivity contribution in [3.05, 3.63) is 29.8 Å². The molecule has 1 aliphatic heterocycles. The molecule has 0 radical (unpaired) electrons. The molecule has 5 nitrogen and oxygen atoms in total. The number of carbonyl (C=O) groups excluding carboxylic acids is 1. The molecule has 0 bridgehead atoms. The van der Waals surface area contributed by atoms with E-state index >= 15 is 0 Å². The summed E-state index contributed by atoms with van der Waals surface area (Å²) < 4.78 is 22.9. The summed E-state index contributed by atoms with van der Waals surface area (Å²) in [5.74, 6) is -0.138. The third-order valence-electron chi connectivity index (χ3n) is 3.09. The maximum absolute atomic E-state index is 12.0. The molecule has 106 valence electrons. The largest absolute Gasteiger partial charge is 0.399 e. The SMILES string of the molecule is CC1(NC(=O)c2ccc(N)cc2)CCS(=O)(=O)C1.Cl. The second-order valence-corrected chi connectivity index (χ2v) is 7.16. The van der Waals surface area contributed by atoms with Gasteiger partial charge in [0.25, 0.3) is 5.91 Å². The van der Waals surface area contributed by atoms with E-state index in [1.807, 2.05) is 0 Å². The van der Waals surface area contributed by atoms with Crippen molar-refractivity contribution in [1.29, 1.82) is 0 Å². The van der Waals surface area contributed by atoms with Gasteiger partial charge in [-0.25, -0.2) is 8.42 Å². The van der Waals surface area contributed by atoms with E-state index in [2.05, 4.69) is 5.32 Å². The molecule has 3 N–H and O–H groups in total. The van der Waals surface area contributed by atoms with Gasteiger partial charge in [-0.1, -0.05) is 0 Å². The lowest BCUT2D eigenvalue weighted by molar-refractivity contribution is 0.0915. The summed E-state index contributed by atoms with van der Waals surface area (Å²) in [6.45, 7) is 1.76. The summed E-state index contributed by atoms with van der Waals surface area (Å²) in [6.07, 6.45) is 0.454. The average molecular weight is 305 g/mol. The highest BCUT2D eigenvalue weighted by Gasteiger charge is 2.39. The number of nitrogens with two attached hydrogens (primary N) is 1. The predicted octanol–water partition coefficient (Wildman–Crippen LogP) is 0.998. The maximum Gasteiger partial charge on any atom is 0.251 e. The zero-order chi connectivity index (χ0) is 13.4. The van der Waals surface area contributed by atoms with E-state index in [-0.39, 0.29) is 29.8 Å². The van der Waals surface area contributed by atoms with Crippen LogP contribution in [-0.4, -0.2) is 31.4 Å². The van der Waals surface area contributed by atoms with Crippen LogP contribution in [0, 0.1) is 0 Å². The third kappa shape index (κ3) is 3.84. The minimum atomic E-state index is -3.02. The second kappa shape index (κ2) is 5.38. The Morgan fingerprint density at radius 3 is 2.37 bits per heavy atom. The summed E-state index contributed by atoms with van der Waals surface area (Å²) >= 11 is 0. The van der Waals surface area contributed by atoms with Gasteiger partial charge in [0, 0.05) is 11.3 Å². The minimum absolute atomic E-state index is 0. The molecule has 1 amide bonds. The van der Waals surface area contributed by atoms with Crippen molar-refractivity contribution in [2.75, 3.05) is 17.2 Å². The molecular formula is C12H17ClN2O3S. The quantitative estimate of drug-likeness (QED) is 0.798. The number of sulfone groups is 1. The molecule has 0 saturated carbocycles. The molecule has 1 saturated heterocycles. The first kappa shape index (κ1) is 15.8. The molecule has 1 heterocycles. The van der Waals surface area contributed by atoms with E-state index in [0.29, 0.717) is 17.7 Å². The van der Waals surface area contributed by atoms with Crippen LogP contribution in [0.5, 0.6) is 0 Å².